The van der Waals surface area contributed by atoms with Crippen molar-refractivity contribution in [1.82, 2.24) is 15.2 Å². The van der Waals surface area contributed by atoms with Gasteiger partial charge in [0.2, 0.25) is 11.9 Å². The summed E-state index contributed by atoms with van der Waals surface area (Å²) >= 11 is 11.9. The summed E-state index contributed by atoms with van der Waals surface area (Å²) < 4.78 is 5.47. The molecule has 96 valence electrons. The van der Waals surface area contributed by atoms with Crippen molar-refractivity contribution in [2.45, 2.75) is 0 Å². The van der Waals surface area contributed by atoms with Gasteiger partial charge in [-0.15, -0.1) is 5.10 Å². The Morgan fingerprint density at radius 1 is 1.33 bits per heavy atom. The van der Waals surface area contributed by atoms with Crippen molar-refractivity contribution in [3.8, 4) is 5.75 Å². The lowest BCUT2D eigenvalue weighted by Gasteiger charge is -2.09. The fraction of sp³-hybridized carbons (Fsp3) is 0.200. The molecule has 0 saturated carbocycles. The second kappa shape index (κ2) is 5.79. The van der Waals surface area contributed by atoms with Gasteiger partial charge in [0.25, 0.3) is 0 Å². The number of nitrogens with two attached hydrogens (primary N) is 1. The average molecular weight is 288 g/mol. The van der Waals surface area contributed by atoms with Gasteiger partial charge in [0.05, 0.1) is 16.6 Å². The van der Waals surface area contributed by atoms with Crippen molar-refractivity contribution in [1.29, 1.82) is 0 Å². The van der Waals surface area contributed by atoms with E-state index >= 15 is 0 Å². The van der Waals surface area contributed by atoms with Crippen LogP contribution in [-0.2, 0) is 0 Å². The van der Waals surface area contributed by atoms with Gasteiger partial charge < -0.3 is 15.8 Å². The van der Waals surface area contributed by atoms with Crippen molar-refractivity contribution in [2.75, 3.05) is 24.2 Å². The largest absolute Gasteiger partial charge is 0.489 e. The highest BCUT2D eigenvalue weighted by molar-refractivity contribution is 6.37. The Kier molecular flexibility index (Phi) is 4.11. The minimum Gasteiger partial charge on any atom is -0.489 e. The van der Waals surface area contributed by atoms with Gasteiger partial charge >= 0.3 is 0 Å². The number of benzene rings is 1. The number of halogens is 2. The number of nitrogens with zero attached hydrogens (tertiary/aromatic N) is 2. The predicted molar refractivity (Wildman–Crippen MR) is 71.2 cm³/mol. The fourth-order valence-corrected chi connectivity index (χ4v) is 1.80. The highest BCUT2D eigenvalue weighted by atomic mass is 35.5. The van der Waals surface area contributed by atoms with Crippen molar-refractivity contribution in [3.05, 3.63) is 28.2 Å². The summed E-state index contributed by atoms with van der Waals surface area (Å²) in [6.07, 6.45) is 0. The zero-order valence-electron chi connectivity index (χ0n) is 9.28. The van der Waals surface area contributed by atoms with Gasteiger partial charge in [-0.25, -0.2) is 5.10 Å². The normalized spacial score (nSPS) is 10.3. The lowest BCUT2D eigenvalue weighted by Crippen LogP contribution is -2.12. The number of para-hydroxylation sites is 1. The summed E-state index contributed by atoms with van der Waals surface area (Å²) in [6, 6.07) is 5.19. The molecule has 0 spiro atoms. The van der Waals surface area contributed by atoms with E-state index < -0.39 is 0 Å². The first-order chi connectivity index (χ1) is 8.66. The van der Waals surface area contributed by atoms with Crippen LogP contribution in [-0.4, -0.2) is 28.3 Å². The molecule has 0 aliphatic rings. The molecule has 6 nitrogen and oxygen atoms in total. The number of hydrogen-bond acceptors (Lipinski definition) is 5. The van der Waals surface area contributed by atoms with Gasteiger partial charge in [0.1, 0.15) is 6.61 Å². The van der Waals surface area contributed by atoms with Crippen molar-refractivity contribution in [2.24, 2.45) is 0 Å². The molecule has 1 heterocycles. The maximum absolute atomic E-state index is 5.95. The Morgan fingerprint density at radius 3 is 2.67 bits per heavy atom. The van der Waals surface area contributed by atoms with Crippen molar-refractivity contribution in [3.63, 3.8) is 0 Å². The third-order valence-electron chi connectivity index (χ3n) is 2.05. The van der Waals surface area contributed by atoms with Gasteiger partial charge in [-0.05, 0) is 12.1 Å². The first-order valence-corrected chi connectivity index (χ1v) is 5.91. The van der Waals surface area contributed by atoms with E-state index in [1.54, 1.807) is 18.2 Å². The van der Waals surface area contributed by atoms with Crippen LogP contribution in [0.3, 0.4) is 0 Å². The molecule has 2 aromatic rings. The van der Waals surface area contributed by atoms with Crippen LogP contribution in [0.2, 0.25) is 10.0 Å². The molecule has 0 aliphatic heterocycles. The monoisotopic (exact) mass is 287 g/mol. The zero-order chi connectivity index (χ0) is 13.0. The number of hydrogen-bond donors (Lipinski definition) is 3. The summed E-state index contributed by atoms with van der Waals surface area (Å²) in [5.41, 5.74) is 5.38. The molecule has 4 N–H and O–H groups in total. The summed E-state index contributed by atoms with van der Waals surface area (Å²) in [7, 11) is 0. The number of anilines is 2. The number of ether oxygens (including phenoxy) is 1. The van der Waals surface area contributed by atoms with Crippen LogP contribution in [0.1, 0.15) is 0 Å². The SMILES string of the molecule is Nc1nc(NCCOc2c(Cl)cccc2Cl)n[nH]1. The molecule has 8 heteroatoms. The lowest BCUT2D eigenvalue weighted by molar-refractivity contribution is 0.333. The smallest absolute Gasteiger partial charge is 0.243 e. The first-order valence-electron chi connectivity index (χ1n) is 5.15. The minimum absolute atomic E-state index is 0.257. The average Bonchev–Trinajstić information content (AvgIpc) is 2.73. The number of aromatic amines is 1. The van der Waals surface area contributed by atoms with Crippen LogP contribution in [0.15, 0.2) is 18.2 Å². The molecule has 1 aromatic heterocycles. The fourth-order valence-electron chi connectivity index (χ4n) is 1.29. The van der Waals surface area contributed by atoms with E-state index in [1.165, 1.54) is 0 Å². The van der Waals surface area contributed by atoms with Gasteiger partial charge in [-0.1, -0.05) is 29.3 Å². The molecule has 0 bridgehead atoms. The molecule has 0 amide bonds. The van der Waals surface area contributed by atoms with Crippen LogP contribution in [0.4, 0.5) is 11.9 Å². The molecule has 1 aromatic carbocycles. The molecule has 0 radical (unpaired) electrons. The third kappa shape index (κ3) is 3.18. The number of nitrogens with one attached hydrogen (secondary N) is 2. The van der Waals surface area contributed by atoms with Crippen LogP contribution in [0.25, 0.3) is 0 Å². The number of nitrogen functional groups attached to an aromatic ring is 1. The molecule has 2 rings (SSSR count). The molecule has 0 unspecified atom stereocenters. The standard InChI is InChI=1S/C10H11Cl2N5O/c11-6-2-1-3-7(12)8(6)18-5-4-14-10-15-9(13)16-17-10/h1-3H,4-5H2,(H4,13,14,15,16,17). The van der Waals surface area contributed by atoms with Crippen molar-refractivity contribution < 1.29 is 4.74 Å². The third-order valence-corrected chi connectivity index (χ3v) is 2.65. The maximum Gasteiger partial charge on any atom is 0.243 e. The second-order valence-corrected chi connectivity index (χ2v) is 4.18. The molecule has 18 heavy (non-hydrogen) atoms. The van der Waals surface area contributed by atoms with E-state index in [9.17, 15) is 0 Å². The van der Waals surface area contributed by atoms with Gasteiger partial charge in [0, 0.05) is 0 Å². The first kappa shape index (κ1) is 12.8. The summed E-state index contributed by atoms with van der Waals surface area (Å²) in [5.74, 6) is 1.14. The number of H-pyrrole nitrogens is 1. The topological polar surface area (TPSA) is 88.8 Å². The maximum atomic E-state index is 5.95. The number of rotatable bonds is 5. The van der Waals surface area contributed by atoms with E-state index in [-0.39, 0.29) is 5.95 Å². The molecular weight excluding hydrogens is 277 g/mol. The highest BCUT2D eigenvalue weighted by Crippen LogP contribution is 2.32. The van der Waals surface area contributed by atoms with Crippen LogP contribution in [0, 0.1) is 0 Å². The van der Waals surface area contributed by atoms with E-state index in [4.69, 9.17) is 33.7 Å². The predicted octanol–water partition coefficient (Wildman–Crippen LogP) is 2.18. The molecule has 0 fully saturated rings. The zero-order valence-corrected chi connectivity index (χ0v) is 10.8. The molecule has 0 atom stereocenters. The molecule has 0 aliphatic carbocycles. The Bertz CT molecular complexity index is 510. The van der Waals surface area contributed by atoms with Crippen molar-refractivity contribution >= 4 is 35.1 Å². The van der Waals surface area contributed by atoms with Crippen LogP contribution < -0.4 is 15.8 Å². The van der Waals surface area contributed by atoms with Gasteiger partial charge in [-0.3, -0.25) is 0 Å². The quantitative estimate of drug-likeness (QED) is 0.734. The summed E-state index contributed by atoms with van der Waals surface area (Å²) in [6.45, 7) is 0.872. The van der Waals surface area contributed by atoms with Gasteiger partial charge in [0.15, 0.2) is 5.75 Å². The highest BCUT2D eigenvalue weighted by Gasteiger charge is 2.06. The summed E-state index contributed by atoms with van der Waals surface area (Å²) in [4.78, 5) is 3.88. The van der Waals surface area contributed by atoms with E-state index in [1.807, 2.05) is 0 Å². The summed E-state index contributed by atoms with van der Waals surface area (Å²) in [5, 5.41) is 10.2. The van der Waals surface area contributed by atoms with E-state index in [0.29, 0.717) is 34.9 Å². The Balaban J connectivity index is 1.82. The Labute approximate surface area is 113 Å². The number of aromatic nitrogens is 3. The molecule has 0 saturated heterocycles. The second-order valence-electron chi connectivity index (χ2n) is 3.37. The van der Waals surface area contributed by atoms with Crippen LogP contribution >= 0.6 is 23.2 Å². The van der Waals surface area contributed by atoms with E-state index in [0.717, 1.165) is 0 Å². The Hall–Kier alpha value is -1.66. The Morgan fingerprint density at radius 2 is 2.06 bits per heavy atom. The minimum atomic E-state index is 0.257. The van der Waals surface area contributed by atoms with Crippen LogP contribution in [0.5, 0.6) is 5.75 Å². The van der Waals surface area contributed by atoms with E-state index in [2.05, 4.69) is 20.5 Å². The van der Waals surface area contributed by atoms with Gasteiger partial charge in [-0.2, -0.15) is 4.98 Å². The molecular formula is C10H11Cl2N5O. The lowest BCUT2D eigenvalue weighted by atomic mass is 10.3.